The molecular weight excluding hydrogens is 372 g/mol. The molecule has 0 spiro atoms. The molecule has 0 fully saturated rings. The van der Waals surface area contributed by atoms with E-state index in [1.807, 2.05) is 0 Å². The summed E-state index contributed by atoms with van der Waals surface area (Å²) in [6.45, 7) is 4.33. The van der Waals surface area contributed by atoms with Gasteiger partial charge in [0.2, 0.25) is 5.91 Å². The first-order valence-corrected chi connectivity index (χ1v) is 9.56. The quantitative estimate of drug-likeness (QED) is 0.420. The van der Waals surface area contributed by atoms with Crippen molar-refractivity contribution in [1.82, 2.24) is 4.90 Å². The van der Waals surface area contributed by atoms with Crippen molar-refractivity contribution in [3.63, 3.8) is 0 Å². The molecule has 1 heterocycles. The number of primary amides is 1. The normalized spacial score (nSPS) is 15.5. The summed E-state index contributed by atoms with van der Waals surface area (Å²) in [5.74, 6) is -0.670. The van der Waals surface area contributed by atoms with Crippen molar-refractivity contribution in [2.24, 2.45) is 5.73 Å². The topological polar surface area (TPSA) is 72.6 Å². The Kier molecular flexibility index (Phi) is 9.76. The van der Waals surface area contributed by atoms with Crippen molar-refractivity contribution in [2.45, 2.75) is 71.4 Å². The Morgan fingerprint density at radius 2 is 1.88 bits per heavy atom. The Morgan fingerprint density at radius 3 is 2.50 bits per heavy atom. The summed E-state index contributed by atoms with van der Waals surface area (Å²) in [7, 11) is 0. The second kappa shape index (κ2) is 11.3. The van der Waals surface area contributed by atoms with Gasteiger partial charge in [-0.25, -0.2) is 0 Å². The van der Waals surface area contributed by atoms with E-state index >= 15 is 0 Å². The Hall–Kier alpha value is -1.30. The van der Waals surface area contributed by atoms with E-state index in [0.717, 1.165) is 12.8 Å². The number of nitrogens with zero attached hydrogens (tertiary/aromatic N) is 1. The average molecular weight is 401 g/mol. The van der Waals surface area contributed by atoms with E-state index in [0.29, 0.717) is 23.0 Å². The minimum atomic E-state index is -0.474. The molecule has 5 nitrogen and oxygen atoms in total. The van der Waals surface area contributed by atoms with Gasteiger partial charge in [-0.15, -0.1) is 0 Å². The van der Waals surface area contributed by atoms with Crippen LogP contribution in [-0.2, 0) is 14.3 Å². The van der Waals surface area contributed by atoms with Crippen LogP contribution in [0.3, 0.4) is 0 Å². The van der Waals surface area contributed by atoms with Crippen LogP contribution in [0.4, 0.5) is 0 Å². The lowest BCUT2D eigenvalue weighted by atomic mass is 10.1. The van der Waals surface area contributed by atoms with E-state index in [4.69, 9.17) is 10.5 Å². The van der Waals surface area contributed by atoms with Gasteiger partial charge >= 0.3 is 5.97 Å². The van der Waals surface area contributed by atoms with E-state index in [9.17, 15) is 9.59 Å². The Bertz CT molecular complexity index is 489. The minimum absolute atomic E-state index is 0.196. The lowest BCUT2D eigenvalue weighted by Gasteiger charge is -2.30. The van der Waals surface area contributed by atoms with Crippen LogP contribution in [0.2, 0.25) is 0 Å². The molecular formula is C18H29BrN2O3. The van der Waals surface area contributed by atoms with Gasteiger partial charge in [-0.3, -0.25) is 9.59 Å². The summed E-state index contributed by atoms with van der Waals surface area (Å²) < 4.78 is 6.12. The highest BCUT2D eigenvalue weighted by molar-refractivity contribution is 9.12. The number of allylic oxidation sites excluding steroid dienone is 2. The zero-order valence-electron chi connectivity index (χ0n) is 14.7. The zero-order chi connectivity index (χ0) is 17.9. The second-order valence-corrected chi connectivity index (χ2v) is 6.99. The third-order valence-electron chi connectivity index (χ3n) is 4.09. The number of hydrogen-bond acceptors (Lipinski definition) is 4. The minimum Gasteiger partial charge on any atom is -0.442 e. The number of carbonyl (C=O) groups excluding carboxylic acids is 2. The van der Waals surface area contributed by atoms with Crippen LogP contribution >= 0.6 is 15.9 Å². The molecule has 2 N–H and O–H groups in total. The van der Waals surface area contributed by atoms with Crippen LogP contribution in [0.5, 0.6) is 0 Å². The van der Waals surface area contributed by atoms with Crippen LogP contribution in [0.1, 0.15) is 65.2 Å². The number of amides is 1. The summed E-state index contributed by atoms with van der Waals surface area (Å²) in [5, 5.41) is 0. The Labute approximate surface area is 153 Å². The molecule has 0 aromatic heterocycles. The number of unbranched alkanes of at least 4 members (excludes halogenated alkanes) is 6. The fraction of sp³-hybridized carbons (Fsp3) is 0.667. The predicted molar refractivity (Wildman–Crippen MR) is 99.2 cm³/mol. The highest BCUT2D eigenvalue weighted by Crippen LogP contribution is 2.22. The number of nitrogens with two attached hydrogens (primary N) is 1. The van der Waals surface area contributed by atoms with Crippen molar-refractivity contribution in [3.05, 3.63) is 22.3 Å². The number of halogens is 1. The van der Waals surface area contributed by atoms with Gasteiger partial charge in [-0.05, 0) is 19.4 Å². The van der Waals surface area contributed by atoms with E-state index in [1.54, 1.807) is 24.1 Å². The van der Waals surface area contributed by atoms with Crippen molar-refractivity contribution < 1.29 is 14.3 Å². The summed E-state index contributed by atoms with van der Waals surface area (Å²) in [6, 6.07) is 0. The number of ether oxygens (including phenoxy) is 1. The predicted octanol–water partition coefficient (Wildman–Crippen LogP) is 3.98. The van der Waals surface area contributed by atoms with Crippen molar-refractivity contribution in [2.75, 3.05) is 6.54 Å². The average Bonchev–Trinajstić information content (AvgIpc) is 2.54. The molecule has 24 heavy (non-hydrogen) atoms. The number of rotatable bonds is 11. The van der Waals surface area contributed by atoms with Crippen LogP contribution in [-0.4, -0.2) is 29.5 Å². The van der Waals surface area contributed by atoms with Crippen molar-refractivity contribution >= 4 is 27.8 Å². The van der Waals surface area contributed by atoms with Crippen molar-refractivity contribution in [1.29, 1.82) is 0 Å². The van der Waals surface area contributed by atoms with Gasteiger partial charge < -0.3 is 15.4 Å². The summed E-state index contributed by atoms with van der Waals surface area (Å²) in [4.78, 5) is 25.1. The maximum atomic E-state index is 11.9. The monoisotopic (exact) mass is 400 g/mol. The van der Waals surface area contributed by atoms with Crippen LogP contribution in [0, 0.1) is 0 Å². The van der Waals surface area contributed by atoms with E-state index in [-0.39, 0.29) is 5.97 Å². The van der Waals surface area contributed by atoms with Crippen LogP contribution in [0.25, 0.3) is 0 Å². The van der Waals surface area contributed by atoms with E-state index in [2.05, 4.69) is 22.9 Å². The molecule has 0 aromatic carbocycles. The third kappa shape index (κ3) is 7.51. The first-order chi connectivity index (χ1) is 11.5. The van der Waals surface area contributed by atoms with Gasteiger partial charge in [0.25, 0.3) is 0 Å². The lowest BCUT2D eigenvalue weighted by Crippen LogP contribution is -2.37. The molecule has 0 radical (unpaired) electrons. The van der Waals surface area contributed by atoms with Gasteiger partial charge in [0, 0.05) is 17.1 Å². The highest BCUT2D eigenvalue weighted by Gasteiger charge is 2.22. The van der Waals surface area contributed by atoms with Gasteiger partial charge in [-0.1, -0.05) is 61.4 Å². The fourth-order valence-electron chi connectivity index (χ4n) is 2.56. The smallest absolute Gasteiger partial charge is 0.307 e. The second-order valence-electron chi connectivity index (χ2n) is 6.14. The third-order valence-corrected chi connectivity index (χ3v) is 4.84. The van der Waals surface area contributed by atoms with Gasteiger partial charge in [0.05, 0.1) is 12.1 Å². The molecule has 136 valence electrons. The van der Waals surface area contributed by atoms with Gasteiger partial charge in [0.1, 0.15) is 0 Å². The molecule has 1 rings (SSSR count). The molecule has 6 heteroatoms. The molecule has 0 saturated carbocycles. The van der Waals surface area contributed by atoms with E-state index in [1.165, 1.54) is 32.1 Å². The summed E-state index contributed by atoms with van der Waals surface area (Å²) in [5.41, 5.74) is 5.83. The fourth-order valence-corrected chi connectivity index (χ4v) is 3.00. The lowest BCUT2D eigenvalue weighted by molar-refractivity contribution is -0.155. The highest BCUT2D eigenvalue weighted by atomic mass is 79.9. The Morgan fingerprint density at radius 1 is 1.25 bits per heavy atom. The summed E-state index contributed by atoms with van der Waals surface area (Å²) in [6.07, 6.45) is 11.7. The first kappa shape index (κ1) is 20.7. The summed E-state index contributed by atoms with van der Waals surface area (Å²) >= 11 is 3.30. The van der Waals surface area contributed by atoms with Gasteiger partial charge in [-0.2, -0.15) is 0 Å². The maximum Gasteiger partial charge on any atom is 0.307 e. The van der Waals surface area contributed by atoms with Gasteiger partial charge in [0.15, 0.2) is 6.23 Å². The van der Waals surface area contributed by atoms with Crippen LogP contribution in [0.15, 0.2) is 22.3 Å². The number of hydrogen-bond donors (Lipinski definition) is 1. The molecule has 0 aliphatic carbocycles. The standard InChI is InChI=1S/C18H29BrN2O3/c1-3-4-5-6-7-8-9-10-17(22)24-14(2)21-12-11-16(19)15(13-21)18(20)23/h11-12,14H,3-10,13H2,1-2H3,(H2,20,23). The Balaban J connectivity index is 2.25. The molecule has 0 aromatic rings. The van der Waals surface area contributed by atoms with E-state index < -0.39 is 12.1 Å². The number of esters is 1. The first-order valence-electron chi connectivity index (χ1n) is 8.77. The molecule has 1 aliphatic heterocycles. The van der Waals surface area contributed by atoms with Crippen molar-refractivity contribution in [3.8, 4) is 0 Å². The molecule has 1 aliphatic rings. The molecule has 1 amide bonds. The zero-order valence-corrected chi connectivity index (χ0v) is 16.3. The molecule has 1 atom stereocenters. The molecule has 0 saturated heterocycles. The SMILES string of the molecule is CCCCCCCCCC(=O)OC(C)N1C=CC(Br)=C(C(N)=O)C1. The van der Waals surface area contributed by atoms with Crippen LogP contribution < -0.4 is 5.73 Å². The molecule has 0 bridgehead atoms. The largest absolute Gasteiger partial charge is 0.442 e. The molecule has 1 unspecified atom stereocenters. The maximum absolute atomic E-state index is 11.9. The number of carbonyl (C=O) groups is 2.